The zero-order valence-corrected chi connectivity index (χ0v) is 64.1. The minimum absolute atomic E-state index is 0.0712. The average molecular weight is 1440 g/mol. The van der Waals surface area contributed by atoms with Gasteiger partial charge in [0, 0.05) is 25.7 Å². The lowest BCUT2D eigenvalue weighted by atomic mass is 10.1. The van der Waals surface area contributed by atoms with Gasteiger partial charge in [-0.15, -0.1) is 0 Å². The van der Waals surface area contributed by atoms with Crippen LogP contribution in [-0.2, 0) is 65.4 Å². The van der Waals surface area contributed by atoms with E-state index in [4.69, 9.17) is 37.0 Å². The third kappa shape index (κ3) is 71.6. The number of rotatable bonds is 71. The molecule has 0 aromatic carbocycles. The van der Waals surface area contributed by atoms with Gasteiger partial charge in [0.2, 0.25) is 0 Å². The standard InChI is InChI=1S/C81H136O17P2/c1-5-9-13-17-21-25-29-33-35-36-37-38-40-44-46-50-54-58-62-66-79(84)92-72-77(98-81(86)68-64-60-56-52-48-42-32-28-24-20-16-12-8-4)74-96-100(89,90)94-70-75(82)69-93-99(87,88)95-73-76(97-80(85)67-63-59-55-51-47-41-31-27-23-19-15-11-7-3)71-91-78(83)65-61-57-53-49-45-43-39-34-30-26-22-18-14-10-6-2/h9-10,13-15,19,21-22,25-28,31-35,37-39,44,46,75-77,82H,5-8,11-12,16-18,20,23-24,29-30,36,40-43,45,47-74H2,1-4H3,(H,87,88)(H,89,90)/b13-9-,14-10-,19-15-,25-21-,26-22-,31-27-,32-28-,35-33-,38-37-,39-34-,46-44-. The lowest BCUT2D eigenvalue weighted by Crippen LogP contribution is -2.30. The van der Waals surface area contributed by atoms with Crippen LogP contribution in [0.3, 0.4) is 0 Å². The third-order valence-corrected chi connectivity index (χ3v) is 17.5. The predicted molar refractivity (Wildman–Crippen MR) is 408 cm³/mol. The maximum absolute atomic E-state index is 13.1. The zero-order chi connectivity index (χ0) is 73.2. The van der Waals surface area contributed by atoms with Crippen LogP contribution >= 0.6 is 15.6 Å². The number of ether oxygens (including phenoxy) is 4. The normalized spacial score (nSPS) is 14.7. The second kappa shape index (κ2) is 72.5. The molecule has 0 heterocycles. The molecule has 572 valence electrons. The summed E-state index contributed by atoms with van der Waals surface area (Å²) in [6.45, 7) is 4.48. The van der Waals surface area contributed by atoms with Gasteiger partial charge in [-0.1, -0.05) is 251 Å². The molecule has 0 aliphatic heterocycles. The Morgan fingerprint density at radius 3 is 0.860 bits per heavy atom. The molecule has 0 bridgehead atoms. The molecule has 0 aromatic heterocycles. The van der Waals surface area contributed by atoms with E-state index in [1.807, 2.05) is 0 Å². The molecule has 0 fully saturated rings. The highest BCUT2D eigenvalue weighted by atomic mass is 31.2. The van der Waals surface area contributed by atoms with E-state index in [2.05, 4.69) is 161 Å². The second-order valence-electron chi connectivity index (χ2n) is 25.2. The molecule has 19 heteroatoms. The van der Waals surface area contributed by atoms with E-state index in [-0.39, 0.29) is 25.7 Å². The monoisotopic (exact) mass is 1440 g/mol. The first kappa shape index (κ1) is 95.2. The Kier molecular flexibility index (Phi) is 69.1. The number of esters is 4. The number of hydrogen-bond acceptors (Lipinski definition) is 15. The van der Waals surface area contributed by atoms with Gasteiger partial charge in [-0.25, -0.2) is 9.13 Å². The summed E-state index contributed by atoms with van der Waals surface area (Å²) in [6.07, 6.45) is 80.1. The van der Waals surface area contributed by atoms with Crippen molar-refractivity contribution in [3.8, 4) is 0 Å². The number of unbranched alkanes of at least 4 members (excludes halogenated alkanes) is 23. The summed E-state index contributed by atoms with van der Waals surface area (Å²) in [5.74, 6) is -2.26. The Morgan fingerprint density at radius 2 is 0.540 bits per heavy atom. The summed E-state index contributed by atoms with van der Waals surface area (Å²) in [5.41, 5.74) is 0. The van der Waals surface area contributed by atoms with Crippen molar-refractivity contribution >= 4 is 39.5 Å². The average Bonchev–Trinajstić information content (AvgIpc) is 0.935. The molecule has 100 heavy (non-hydrogen) atoms. The minimum Gasteiger partial charge on any atom is -0.462 e. The lowest BCUT2D eigenvalue weighted by molar-refractivity contribution is -0.161. The highest BCUT2D eigenvalue weighted by Gasteiger charge is 2.30. The quantitative estimate of drug-likeness (QED) is 0.0169. The fourth-order valence-electron chi connectivity index (χ4n) is 9.76. The van der Waals surface area contributed by atoms with Crippen molar-refractivity contribution in [1.82, 2.24) is 0 Å². The largest absolute Gasteiger partial charge is 0.472 e. The molecule has 0 aliphatic rings. The molecule has 17 nitrogen and oxygen atoms in total. The number of aliphatic hydroxyl groups excluding tert-OH is 1. The van der Waals surface area contributed by atoms with Crippen LogP contribution < -0.4 is 0 Å². The van der Waals surface area contributed by atoms with Crippen LogP contribution in [0.2, 0.25) is 0 Å². The first-order chi connectivity index (χ1) is 48.7. The number of phosphoric acid groups is 2. The minimum atomic E-state index is -4.99. The van der Waals surface area contributed by atoms with Gasteiger partial charge in [0.15, 0.2) is 12.2 Å². The molecule has 0 saturated heterocycles. The SMILES string of the molecule is CC/C=C\C/C=C\C/C=C\C/C=C\C/C=C\CCCCCC(=O)OCC(COP(=O)(O)OCC(O)COP(=O)(O)OCC(COC(=O)CCCCCCC/C=C\C/C=C\C/C=C\CC)OC(=O)CCCCCCC/C=C\C/C=C\CCC)OC(=O)CCCCCCC/C=C\CCCCCC. The first-order valence-electron chi connectivity index (χ1n) is 38.4. The summed E-state index contributed by atoms with van der Waals surface area (Å²) in [7, 11) is -9.97. The maximum Gasteiger partial charge on any atom is 0.472 e. The van der Waals surface area contributed by atoms with Gasteiger partial charge in [0.05, 0.1) is 26.4 Å². The molecule has 0 saturated carbocycles. The molecular formula is C81H136O17P2. The fourth-order valence-corrected chi connectivity index (χ4v) is 11.3. The van der Waals surface area contributed by atoms with Crippen LogP contribution in [0.25, 0.3) is 0 Å². The Morgan fingerprint density at radius 1 is 0.290 bits per heavy atom. The van der Waals surface area contributed by atoms with Crippen LogP contribution in [0.1, 0.15) is 297 Å². The number of aliphatic hydroxyl groups is 1. The van der Waals surface area contributed by atoms with Gasteiger partial charge in [-0.05, 0) is 154 Å². The van der Waals surface area contributed by atoms with E-state index in [9.17, 15) is 43.2 Å². The molecule has 0 radical (unpaired) electrons. The van der Waals surface area contributed by atoms with Gasteiger partial charge in [0.1, 0.15) is 19.3 Å². The number of carbonyl (C=O) groups is 4. The first-order valence-corrected chi connectivity index (χ1v) is 41.4. The van der Waals surface area contributed by atoms with E-state index in [1.165, 1.54) is 25.7 Å². The highest BCUT2D eigenvalue weighted by Crippen LogP contribution is 2.45. The van der Waals surface area contributed by atoms with E-state index in [0.717, 1.165) is 193 Å². The Balaban J connectivity index is 5.39. The van der Waals surface area contributed by atoms with Gasteiger partial charge in [-0.2, -0.15) is 0 Å². The van der Waals surface area contributed by atoms with Crippen LogP contribution in [0.15, 0.2) is 134 Å². The number of allylic oxidation sites excluding steroid dienone is 22. The molecule has 0 aliphatic carbocycles. The second-order valence-corrected chi connectivity index (χ2v) is 28.1. The summed E-state index contributed by atoms with van der Waals surface area (Å²) < 4.78 is 68.4. The van der Waals surface area contributed by atoms with Crippen molar-refractivity contribution in [2.75, 3.05) is 39.6 Å². The Hall–Kier alpha value is -4.80. The lowest BCUT2D eigenvalue weighted by Gasteiger charge is -2.21. The van der Waals surface area contributed by atoms with Crippen molar-refractivity contribution < 1.29 is 80.2 Å². The zero-order valence-electron chi connectivity index (χ0n) is 62.3. The number of carbonyl (C=O) groups excluding carboxylic acids is 4. The molecule has 0 spiro atoms. The Bertz CT molecular complexity index is 2420. The maximum atomic E-state index is 13.1. The van der Waals surface area contributed by atoms with Gasteiger partial charge in [0.25, 0.3) is 0 Å². The highest BCUT2D eigenvalue weighted by molar-refractivity contribution is 7.47. The fraction of sp³-hybridized carbons (Fsp3) is 0.679. The van der Waals surface area contributed by atoms with E-state index >= 15 is 0 Å². The molecule has 5 atom stereocenters. The smallest absolute Gasteiger partial charge is 0.462 e. The molecule has 5 unspecified atom stereocenters. The van der Waals surface area contributed by atoms with Crippen molar-refractivity contribution in [2.45, 2.75) is 316 Å². The van der Waals surface area contributed by atoms with Crippen LogP contribution in [0.4, 0.5) is 0 Å². The third-order valence-electron chi connectivity index (χ3n) is 15.6. The predicted octanol–water partition coefficient (Wildman–Crippen LogP) is 22.1. The van der Waals surface area contributed by atoms with Crippen molar-refractivity contribution in [2.24, 2.45) is 0 Å². The molecule has 0 rings (SSSR count). The van der Waals surface area contributed by atoms with E-state index < -0.39 is 97.5 Å². The van der Waals surface area contributed by atoms with Gasteiger partial charge >= 0.3 is 39.5 Å². The number of hydrogen-bond donors (Lipinski definition) is 3. The van der Waals surface area contributed by atoms with Crippen molar-refractivity contribution in [3.05, 3.63) is 134 Å². The van der Waals surface area contributed by atoms with Gasteiger partial charge in [-0.3, -0.25) is 37.3 Å². The Labute approximate surface area is 605 Å². The summed E-state index contributed by atoms with van der Waals surface area (Å²) in [5, 5.41) is 10.6. The molecule has 0 amide bonds. The van der Waals surface area contributed by atoms with Crippen molar-refractivity contribution in [1.29, 1.82) is 0 Å². The van der Waals surface area contributed by atoms with Crippen LogP contribution in [-0.4, -0.2) is 96.7 Å². The summed E-state index contributed by atoms with van der Waals surface area (Å²) in [4.78, 5) is 72.9. The summed E-state index contributed by atoms with van der Waals surface area (Å²) in [6, 6.07) is 0. The number of phosphoric ester groups is 2. The van der Waals surface area contributed by atoms with Gasteiger partial charge < -0.3 is 33.8 Å². The van der Waals surface area contributed by atoms with Crippen LogP contribution in [0.5, 0.6) is 0 Å². The van der Waals surface area contributed by atoms with Crippen LogP contribution in [0, 0.1) is 0 Å². The molecule has 0 aromatic rings. The molecule has 3 N–H and O–H groups in total. The van der Waals surface area contributed by atoms with E-state index in [0.29, 0.717) is 25.7 Å². The van der Waals surface area contributed by atoms with E-state index in [1.54, 1.807) is 0 Å². The van der Waals surface area contributed by atoms with Crippen molar-refractivity contribution in [3.63, 3.8) is 0 Å². The summed E-state index contributed by atoms with van der Waals surface area (Å²) >= 11 is 0. The molecular weight excluding hydrogens is 1310 g/mol. The topological polar surface area (TPSA) is 237 Å².